The molecule has 1 amide bonds. The van der Waals surface area contributed by atoms with Crippen molar-refractivity contribution in [2.24, 2.45) is 13.0 Å². The van der Waals surface area contributed by atoms with Crippen molar-refractivity contribution in [3.8, 4) is 0 Å². The van der Waals surface area contributed by atoms with E-state index in [1.54, 1.807) is 17.0 Å². The lowest BCUT2D eigenvalue weighted by Crippen LogP contribution is -2.42. The van der Waals surface area contributed by atoms with Gasteiger partial charge in [-0.3, -0.25) is 4.79 Å². The minimum atomic E-state index is -0.0480. The Morgan fingerprint density at radius 2 is 2.18 bits per heavy atom. The van der Waals surface area contributed by atoms with E-state index in [4.69, 9.17) is 0 Å². The van der Waals surface area contributed by atoms with Gasteiger partial charge in [-0.25, -0.2) is 4.98 Å². The molecule has 1 atom stereocenters. The first kappa shape index (κ1) is 14.7. The third-order valence-electron chi connectivity index (χ3n) is 4.11. The van der Waals surface area contributed by atoms with E-state index in [1.807, 2.05) is 18.9 Å². The number of imidazole rings is 1. The molecule has 1 aliphatic rings. The molecule has 0 aromatic carbocycles. The number of nitrogens with zero attached hydrogens (tertiary/aromatic N) is 6. The Morgan fingerprint density at radius 1 is 1.41 bits per heavy atom. The Hall–Kier alpha value is -2.18. The molecular weight excluding hydrogens is 280 g/mol. The normalized spacial score (nSPS) is 17.9. The summed E-state index contributed by atoms with van der Waals surface area (Å²) in [5.74, 6) is 2.74. The van der Waals surface area contributed by atoms with Crippen LogP contribution in [0.3, 0.4) is 0 Å². The minimum Gasteiger partial charge on any atom is -0.330 e. The molecule has 2 aromatic heterocycles. The number of amides is 1. The maximum absolute atomic E-state index is 12.7. The maximum Gasteiger partial charge on any atom is 0.290 e. The number of carbonyl (C=O) groups is 1. The van der Waals surface area contributed by atoms with Crippen LogP contribution in [0.4, 0.5) is 0 Å². The van der Waals surface area contributed by atoms with Crippen LogP contribution in [-0.4, -0.2) is 41.7 Å². The number of rotatable bonds is 3. The molecule has 0 bridgehead atoms. The van der Waals surface area contributed by atoms with Gasteiger partial charge in [0, 0.05) is 26.0 Å². The van der Waals surface area contributed by atoms with E-state index < -0.39 is 0 Å². The highest BCUT2D eigenvalue weighted by atomic mass is 16.2. The maximum atomic E-state index is 12.7. The molecule has 0 spiro atoms. The first-order chi connectivity index (χ1) is 10.5. The highest BCUT2D eigenvalue weighted by Gasteiger charge is 2.32. The van der Waals surface area contributed by atoms with Gasteiger partial charge in [-0.05, 0) is 19.3 Å². The van der Waals surface area contributed by atoms with Crippen LogP contribution in [0.15, 0.2) is 12.4 Å². The van der Waals surface area contributed by atoms with Gasteiger partial charge in [0.25, 0.3) is 5.91 Å². The van der Waals surface area contributed by atoms with E-state index in [0.717, 1.165) is 18.1 Å². The molecule has 0 N–H and O–H groups in total. The van der Waals surface area contributed by atoms with E-state index >= 15 is 0 Å². The zero-order chi connectivity index (χ0) is 15.9. The lowest BCUT2D eigenvalue weighted by molar-refractivity contribution is 0.0644. The fourth-order valence-electron chi connectivity index (χ4n) is 3.16. The summed E-state index contributed by atoms with van der Waals surface area (Å²) in [6, 6.07) is 0.225. The second kappa shape index (κ2) is 5.55. The van der Waals surface area contributed by atoms with Gasteiger partial charge in [-0.15, -0.1) is 10.2 Å². The summed E-state index contributed by atoms with van der Waals surface area (Å²) in [5, 5.41) is 8.43. The number of aryl methyl sites for hydroxylation is 2. The van der Waals surface area contributed by atoms with Crippen LogP contribution in [0, 0.1) is 12.8 Å². The topological polar surface area (TPSA) is 68.8 Å². The van der Waals surface area contributed by atoms with E-state index in [0.29, 0.717) is 24.8 Å². The van der Waals surface area contributed by atoms with E-state index in [-0.39, 0.29) is 11.9 Å². The van der Waals surface area contributed by atoms with E-state index in [1.165, 1.54) is 0 Å². The number of hydrogen-bond acceptors (Lipinski definition) is 4. The molecular formula is C15H22N6O. The molecule has 22 heavy (non-hydrogen) atoms. The summed E-state index contributed by atoms with van der Waals surface area (Å²) in [6.45, 7) is 7.52. The number of carbonyl (C=O) groups excluding carboxylic acids is 1. The molecule has 2 aromatic rings. The van der Waals surface area contributed by atoms with Crippen LogP contribution in [0.25, 0.3) is 0 Å². The Bertz CT molecular complexity index is 686. The largest absolute Gasteiger partial charge is 0.330 e. The summed E-state index contributed by atoms with van der Waals surface area (Å²) in [5.41, 5.74) is 0. The first-order valence-corrected chi connectivity index (χ1v) is 7.64. The van der Waals surface area contributed by atoms with Gasteiger partial charge in [0.15, 0.2) is 11.6 Å². The zero-order valence-corrected chi connectivity index (χ0v) is 13.5. The highest BCUT2D eigenvalue weighted by molar-refractivity contribution is 5.90. The van der Waals surface area contributed by atoms with Crippen LogP contribution in [0.1, 0.15) is 48.6 Å². The molecule has 3 rings (SSSR count). The van der Waals surface area contributed by atoms with Crippen molar-refractivity contribution in [2.45, 2.75) is 39.8 Å². The van der Waals surface area contributed by atoms with Crippen LogP contribution < -0.4 is 0 Å². The molecule has 1 aliphatic heterocycles. The van der Waals surface area contributed by atoms with Gasteiger partial charge in [-0.1, -0.05) is 13.8 Å². The summed E-state index contributed by atoms with van der Waals surface area (Å²) >= 11 is 0. The molecule has 3 heterocycles. The Morgan fingerprint density at radius 3 is 2.82 bits per heavy atom. The SMILES string of the molecule is Cc1nnc2n1[C@@H](CC(C)C)CN(C(=O)c1nccn1C)C2. The van der Waals surface area contributed by atoms with Crippen molar-refractivity contribution >= 4 is 5.91 Å². The second-order valence-corrected chi connectivity index (χ2v) is 6.36. The summed E-state index contributed by atoms with van der Waals surface area (Å²) in [6.07, 6.45) is 4.43. The fourth-order valence-corrected chi connectivity index (χ4v) is 3.16. The zero-order valence-electron chi connectivity index (χ0n) is 13.5. The summed E-state index contributed by atoms with van der Waals surface area (Å²) < 4.78 is 3.94. The average molecular weight is 302 g/mol. The van der Waals surface area contributed by atoms with Crippen LogP contribution in [-0.2, 0) is 13.6 Å². The van der Waals surface area contributed by atoms with Crippen molar-refractivity contribution in [3.63, 3.8) is 0 Å². The van der Waals surface area contributed by atoms with Gasteiger partial charge in [0.2, 0.25) is 0 Å². The highest BCUT2D eigenvalue weighted by Crippen LogP contribution is 2.27. The van der Waals surface area contributed by atoms with Crippen molar-refractivity contribution < 1.29 is 4.79 Å². The second-order valence-electron chi connectivity index (χ2n) is 6.36. The molecule has 0 aliphatic carbocycles. The van der Waals surface area contributed by atoms with Gasteiger partial charge in [-0.2, -0.15) is 0 Å². The molecule has 0 radical (unpaired) electrons. The third kappa shape index (κ3) is 2.51. The molecule has 0 fully saturated rings. The summed E-state index contributed by atoms with van der Waals surface area (Å²) in [7, 11) is 1.84. The molecule has 0 unspecified atom stereocenters. The predicted molar refractivity (Wildman–Crippen MR) is 81.2 cm³/mol. The smallest absolute Gasteiger partial charge is 0.290 e. The quantitative estimate of drug-likeness (QED) is 0.863. The number of hydrogen-bond donors (Lipinski definition) is 0. The molecule has 0 saturated heterocycles. The number of fused-ring (bicyclic) bond motifs is 1. The van der Waals surface area contributed by atoms with E-state index in [2.05, 4.69) is 33.6 Å². The Balaban J connectivity index is 1.90. The Labute approximate surface area is 130 Å². The van der Waals surface area contributed by atoms with Crippen LogP contribution >= 0.6 is 0 Å². The lowest BCUT2D eigenvalue weighted by Gasteiger charge is -2.34. The average Bonchev–Trinajstić information content (AvgIpc) is 3.04. The number of aromatic nitrogens is 5. The molecule has 118 valence electrons. The fraction of sp³-hybridized carbons (Fsp3) is 0.600. The Kier molecular flexibility index (Phi) is 3.72. The monoisotopic (exact) mass is 302 g/mol. The lowest BCUT2D eigenvalue weighted by atomic mass is 10.0. The van der Waals surface area contributed by atoms with Gasteiger partial charge in [0.05, 0.1) is 12.6 Å². The van der Waals surface area contributed by atoms with Crippen molar-refractivity contribution in [2.75, 3.05) is 6.54 Å². The van der Waals surface area contributed by atoms with Crippen LogP contribution in [0.5, 0.6) is 0 Å². The summed E-state index contributed by atoms with van der Waals surface area (Å²) in [4.78, 5) is 18.7. The van der Waals surface area contributed by atoms with E-state index in [9.17, 15) is 4.79 Å². The first-order valence-electron chi connectivity index (χ1n) is 7.64. The standard InChI is InChI=1S/C15H22N6O/c1-10(2)7-12-8-20(9-13-18-17-11(3)21(12)13)15(22)14-16-5-6-19(14)4/h5-6,10,12H,7-9H2,1-4H3/t12-/m0/s1. The third-order valence-corrected chi connectivity index (χ3v) is 4.11. The molecule has 0 saturated carbocycles. The van der Waals surface area contributed by atoms with Crippen LogP contribution in [0.2, 0.25) is 0 Å². The van der Waals surface area contributed by atoms with Gasteiger partial charge >= 0.3 is 0 Å². The van der Waals surface area contributed by atoms with Crippen molar-refractivity contribution in [1.29, 1.82) is 0 Å². The van der Waals surface area contributed by atoms with Gasteiger partial charge in [0.1, 0.15) is 5.82 Å². The molecule has 7 nitrogen and oxygen atoms in total. The van der Waals surface area contributed by atoms with Gasteiger partial charge < -0.3 is 14.0 Å². The predicted octanol–water partition coefficient (Wildman–Crippen LogP) is 1.56. The van der Waals surface area contributed by atoms with Crippen molar-refractivity contribution in [3.05, 3.63) is 29.9 Å². The van der Waals surface area contributed by atoms with Crippen molar-refractivity contribution in [1.82, 2.24) is 29.2 Å². The minimum absolute atomic E-state index is 0.0480. The molecule has 7 heteroatoms.